The van der Waals surface area contributed by atoms with Crippen LogP contribution < -0.4 is 4.74 Å². The fourth-order valence-electron chi connectivity index (χ4n) is 2.52. The second-order valence-electron chi connectivity index (χ2n) is 5.91. The van der Waals surface area contributed by atoms with E-state index in [1.54, 1.807) is 10.9 Å². The van der Waals surface area contributed by atoms with E-state index in [9.17, 15) is 21.6 Å². The molecule has 0 amide bonds. The zero-order chi connectivity index (χ0) is 20.4. The fraction of sp³-hybridized carbons (Fsp3) is 0.167. The molecule has 2 aromatic carbocycles. The molecule has 0 aliphatic carbocycles. The van der Waals surface area contributed by atoms with E-state index in [0.717, 1.165) is 22.1 Å². The van der Waals surface area contributed by atoms with Crippen molar-refractivity contribution in [2.24, 2.45) is 0 Å². The minimum absolute atomic E-state index is 0.000474. The zero-order valence-electron chi connectivity index (χ0n) is 14.7. The van der Waals surface area contributed by atoms with Gasteiger partial charge in [0.15, 0.2) is 0 Å². The predicted octanol–water partition coefficient (Wildman–Crippen LogP) is 3.59. The molecule has 3 rings (SSSR count). The molecule has 28 heavy (non-hydrogen) atoms. The van der Waals surface area contributed by atoms with Gasteiger partial charge in [-0.15, -0.1) is 13.2 Å². The standard InChI is InChI=1S/C18H16F3N3O3S/c1-23(12-14-11-22-24(13-14)15-6-3-2-4-7-15)28(25,26)17-9-5-8-16(10-17)27-18(19,20)21/h2-11,13H,12H2,1H3. The summed E-state index contributed by atoms with van der Waals surface area (Å²) in [6, 6.07) is 13.5. The SMILES string of the molecule is CN(Cc1cnn(-c2ccccc2)c1)S(=O)(=O)c1cccc(OC(F)(F)F)c1. The smallest absolute Gasteiger partial charge is 0.406 e. The number of sulfonamides is 1. The van der Waals surface area contributed by atoms with Gasteiger partial charge in [-0.1, -0.05) is 24.3 Å². The molecule has 0 saturated carbocycles. The molecular weight excluding hydrogens is 395 g/mol. The minimum atomic E-state index is -4.90. The van der Waals surface area contributed by atoms with Gasteiger partial charge >= 0.3 is 6.36 Å². The van der Waals surface area contributed by atoms with Crippen molar-refractivity contribution in [3.05, 3.63) is 72.6 Å². The average Bonchev–Trinajstić information content (AvgIpc) is 3.10. The summed E-state index contributed by atoms with van der Waals surface area (Å²) in [4.78, 5) is -0.299. The molecular formula is C18H16F3N3O3S. The topological polar surface area (TPSA) is 64.4 Å². The van der Waals surface area contributed by atoms with Crippen LogP contribution in [0, 0.1) is 0 Å². The number of alkyl halides is 3. The lowest BCUT2D eigenvalue weighted by Crippen LogP contribution is -2.26. The van der Waals surface area contributed by atoms with Gasteiger partial charge < -0.3 is 4.74 Å². The number of aromatic nitrogens is 2. The molecule has 1 heterocycles. The van der Waals surface area contributed by atoms with E-state index in [4.69, 9.17) is 0 Å². The Morgan fingerprint density at radius 1 is 1.11 bits per heavy atom. The number of rotatable bonds is 6. The van der Waals surface area contributed by atoms with Gasteiger partial charge in [0.1, 0.15) is 5.75 Å². The van der Waals surface area contributed by atoms with Crippen molar-refractivity contribution in [3.63, 3.8) is 0 Å². The van der Waals surface area contributed by atoms with Crippen molar-refractivity contribution in [2.45, 2.75) is 17.8 Å². The minimum Gasteiger partial charge on any atom is -0.406 e. The maximum absolute atomic E-state index is 12.7. The van der Waals surface area contributed by atoms with E-state index >= 15 is 0 Å². The molecule has 0 atom stereocenters. The maximum atomic E-state index is 12.7. The average molecular weight is 411 g/mol. The van der Waals surface area contributed by atoms with Crippen LogP contribution in [-0.4, -0.2) is 35.9 Å². The van der Waals surface area contributed by atoms with Gasteiger partial charge in [-0.3, -0.25) is 0 Å². The normalized spacial score (nSPS) is 12.3. The highest BCUT2D eigenvalue weighted by Gasteiger charge is 2.32. The quantitative estimate of drug-likeness (QED) is 0.622. The van der Waals surface area contributed by atoms with E-state index < -0.39 is 22.1 Å². The van der Waals surface area contributed by atoms with Gasteiger partial charge in [-0.25, -0.2) is 13.1 Å². The van der Waals surface area contributed by atoms with Gasteiger partial charge in [0, 0.05) is 31.4 Å². The summed E-state index contributed by atoms with van der Waals surface area (Å²) in [7, 11) is -2.68. The molecule has 0 radical (unpaired) electrons. The molecule has 0 bridgehead atoms. The Balaban J connectivity index is 1.78. The van der Waals surface area contributed by atoms with Gasteiger partial charge in [-0.05, 0) is 24.3 Å². The largest absolute Gasteiger partial charge is 0.573 e. The van der Waals surface area contributed by atoms with Crippen LogP contribution in [0.5, 0.6) is 5.75 Å². The molecule has 0 saturated heterocycles. The molecule has 148 valence electrons. The van der Waals surface area contributed by atoms with Crippen molar-refractivity contribution >= 4 is 10.0 Å². The Morgan fingerprint density at radius 3 is 2.50 bits per heavy atom. The van der Waals surface area contributed by atoms with E-state index in [2.05, 4.69) is 9.84 Å². The molecule has 0 spiro atoms. The number of nitrogens with zero attached hydrogens (tertiary/aromatic N) is 3. The third kappa shape index (κ3) is 4.70. The van der Waals surface area contributed by atoms with Gasteiger partial charge in [0.2, 0.25) is 10.0 Å². The number of benzene rings is 2. The van der Waals surface area contributed by atoms with Gasteiger partial charge in [-0.2, -0.15) is 9.40 Å². The number of hydrogen-bond acceptors (Lipinski definition) is 4. The van der Waals surface area contributed by atoms with E-state index in [1.807, 2.05) is 30.3 Å². The van der Waals surface area contributed by atoms with Crippen LogP contribution in [0.2, 0.25) is 0 Å². The van der Waals surface area contributed by atoms with Crippen molar-refractivity contribution in [1.82, 2.24) is 14.1 Å². The summed E-state index contributed by atoms with van der Waals surface area (Å²) in [5.74, 6) is -0.598. The fourth-order valence-corrected chi connectivity index (χ4v) is 3.71. The highest BCUT2D eigenvalue weighted by Crippen LogP contribution is 2.26. The van der Waals surface area contributed by atoms with Crippen molar-refractivity contribution in [1.29, 1.82) is 0 Å². The summed E-state index contributed by atoms with van der Waals surface area (Å²) in [6.07, 6.45) is -1.69. The second kappa shape index (κ2) is 7.64. The maximum Gasteiger partial charge on any atom is 0.573 e. The number of hydrogen-bond donors (Lipinski definition) is 0. The van der Waals surface area contributed by atoms with Crippen molar-refractivity contribution in [2.75, 3.05) is 7.05 Å². The van der Waals surface area contributed by atoms with Gasteiger partial charge in [0.05, 0.1) is 16.8 Å². The summed E-state index contributed by atoms with van der Waals surface area (Å²) in [5, 5.41) is 4.20. The first-order chi connectivity index (χ1) is 13.1. The first-order valence-corrected chi connectivity index (χ1v) is 9.50. The number of halogens is 3. The number of ether oxygens (including phenoxy) is 1. The van der Waals surface area contributed by atoms with Crippen molar-refractivity contribution in [3.8, 4) is 11.4 Å². The van der Waals surface area contributed by atoms with Crippen LogP contribution in [-0.2, 0) is 16.6 Å². The molecule has 0 N–H and O–H groups in total. The molecule has 0 unspecified atom stereocenters. The molecule has 6 nitrogen and oxygen atoms in total. The Labute approximate surface area is 159 Å². The first-order valence-electron chi connectivity index (χ1n) is 8.06. The summed E-state index contributed by atoms with van der Waals surface area (Å²) >= 11 is 0. The lowest BCUT2D eigenvalue weighted by molar-refractivity contribution is -0.274. The Hall–Kier alpha value is -2.85. The molecule has 10 heteroatoms. The highest BCUT2D eigenvalue weighted by molar-refractivity contribution is 7.89. The van der Waals surface area contributed by atoms with Crippen LogP contribution in [0.25, 0.3) is 5.69 Å². The Bertz CT molecular complexity index is 1050. The van der Waals surface area contributed by atoms with E-state index in [0.29, 0.717) is 5.56 Å². The summed E-state index contributed by atoms with van der Waals surface area (Å²) < 4.78 is 68.9. The predicted molar refractivity (Wildman–Crippen MR) is 95.3 cm³/mol. The van der Waals surface area contributed by atoms with Crippen LogP contribution >= 0.6 is 0 Å². The second-order valence-corrected chi connectivity index (χ2v) is 7.96. The molecule has 0 fully saturated rings. The van der Waals surface area contributed by atoms with E-state index in [1.165, 1.54) is 25.4 Å². The Kier molecular flexibility index (Phi) is 5.43. The van der Waals surface area contributed by atoms with Crippen LogP contribution in [0.1, 0.15) is 5.56 Å². The lowest BCUT2D eigenvalue weighted by atomic mass is 10.3. The molecule has 1 aromatic heterocycles. The van der Waals surface area contributed by atoms with Crippen molar-refractivity contribution < 1.29 is 26.3 Å². The lowest BCUT2D eigenvalue weighted by Gasteiger charge is -2.17. The monoisotopic (exact) mass is 411 g/mol. The summed E-state index contributed by atoms with van der Waals surface area (Å²) in [5.41, 5.74) is 1.44. The zero-order valence-corrected chi connectivity index (χ0v) is 15.5. The third-order valence-electron chi connectivity index (χ3n) is 3.81. The van der Waals surface area contributed by atoms with Crippen LogP contribution in [0.4, 0.5) is 13.2 Å². The Morgan fingerprint density at radius 2 is 1.82 bits per heavy atom. The third-order valence-corrected chi connectivity index (χ3v) is 5.61. The first kappa shape index (κ1) is 19.9. The molecule has 0 aliphatic heterocycles. The number of para-hydroxylation sites is 1. The van der Waals surface area contributed by atoms with E-state index in [-0.39, 0.29) is 11.4 Å². The van der Waals surface area contributed by atoms with Crippen LogP contribution in [0.15, 0.2) is 71.9 Å². The van der Waals surface area contributed by atoms with Crippen LogP contribution in [0.3, 0.4) is 0 Å². The molecule has 0 aliphatic rings. The summed E-state index contributed by atoms with van der Waals surface area (Å²) in [6.45, 7) is -0.000474. The molecule has 3 aromatic rings. The highest BCUT2D eigenvalue weighted by atomic mass is 32.2. The van der Waals surface area contributed by atoms with Gasteiger partial charge in [0.25, 0.3) is 0 Å².